The summed E-state index contributed by atoms with van der Waals surface area (Å²) in [7, 11) is 1.83. The average Bonchev–Trinajstić information content (AvgIpc) is 2.25. The maximum Gasteiger partial charge on any atom is 0.191 e. The highest BCUT2D eigenvalue weighted by molar-refractivity contribution is 5.79. The Morgan fingerprint density at radius 2 is 1.88 bits per heavy atom. The quantitative estimate of drug-likeness (QED) is 0.398. The molecule has 0 saturated heterocycles. The van der Waals surface area contributed by atoms with Gasteiger partial charge in [-0.05, 0) is 32.1 Å². The van der Waals surface area contributed by atoms with Crippen LogP contribution in [0, 0.1) is 5.92 Å². The van der Waals surface area contributed by atoms with Gasteiger partial charge in [0.1, 0.15) is 0 Å². The largest absolute Gasteiger partial charge is 0.356 e. The Morgan fingerprint density at radius 3 is 2.38 bits per heavy atom. The van der Waals surface area contributed by atoms with Gasteiger partial charge in [0.25, 0.3) is 0 Å². The molecule has 96 valence electrons. The van der Waals surface area contributed by atoms with Gasteiger partial charge >= 0.3 is 0 Å². The van der Waals surface area contributed by atoms with Crippen molar-refractivity contribution in [3.05, 3.63) is 0 Å². The first-order chi connectivity index (χ1) is 7.60. The van der Waals surface area contributed by atoms with Crippen molar-refractivity contribution in [2.75, 3.05) is 13.6 Å². The molecule has 3 heteroatoms. The molecule has 0 spiro atoms. The molecule has 0 heterocycles. The fourth-order valence-electron chi connectivity index (χ4n) is 1.47. The predicted molar refractivity (Wildman–Crippen MR) is 72.9 cm³/mol. The fraction of sp³-hybridized carbons (Fsp3) is 0.923. The Hall–Kier alpha value is -0.730. The van der Waals surface area contributed by atoms with Gasteiger partial charge in [0.15, 0.2) is 5.96 Å². The summed E-state index contributed by atoms with van der Waals surface area (Å²) in [5.41, 5.74) is 0. The van der Waals surface area contributed by atoms with Crippen LogP contribution in [0.3, 0.4) is 0 Å². The van der Waals surface area contributed by atoms with E-state index in [2.05, 4.69) is 43.3 Å². The normalized spacial score (nSPS) is 14.0. The molecular weight excluding hydrogens is 198 g/mol. The minimum Gasteiger partial charge on any atom is -0.356 e. The number of aliphatic imine (C=N–C) groups is 1. The summed E-state index contributed by atoms with van der Waals surface area (Å²) in [6.45, 7) is 9.95. The molecule has 0 bridgehead atoms. The second kappa shape index (κ2) is 9.49. The van der Waals surface area contributed by atoms with Crippen molar-refractivity contribution in [3.8, 4) is 0 Å². The van der Waals surface area contributed by atoms with Crippen LogP contribution in [0.25, 0.3) is 0 Å². The van der Waals surface area contributed by atoms with E-state index in [1.165, 1.54) is 25.7 Å². The van der Waals surface area contributed by atoms with Crippen LogP contribution in [-0.2, 0) is 0 Å². The van der Waals surface area contributed by atoms with Gasteiger partial charge in [-0.3, -0.25) is 4.99 Å². The van der Waals surface area contributed by atoms with Gasteiger partial charge < -0.3 is 10.6 Å². The van der Waals surface area contributed by atoms with Crippen LogP contribution >= 0.6 is 0 Å². The SMILES string of the molecule is CCCCNC(=NC)NC(C)CCC(C)C. The van der Waals surface area contributed by atoms with Crippen LogP contribution in [0.15, 0.2) is 4.99 Å². The smallest absolute Gasteiger partial charge is 0.191 e. The molecule has 0 amide bonds. The first-order valence-corrected chi connectivity index (χ1v) is 6.57. The maximum atomic E-state index is 4.22. The van der Waals surface area contributed by atoms with E-state index in [-0.39, 0.29) is 0 Å². The summed E-state index contributed by atoms with van der Waals surface area (Å²) < 4.78 is 0. The molecule has 0 saturated carbocycles. The van der Waals surface area contributed by atoms with Crippen molar-refractivity contribution >= 4 is 5.96 Å². The zero-order valence-corrected chi connectivity index (χ0v) is 11.6. The molecule has 0 aliphatic carbocycles. The Bertz CT molecular complexity index is 188. The molecule has 16 heavy (non-hydrogen) atoms. The lowest BCUT2D eigenvalue weighted by Gasteiger charge is -2.18. The van der Waals surface area contributed by atoms with E-state index < -0.39 is 0 Å². The lowest BCUT2D eigenvalue weighted by Crippen LogP contribution is -2.42. The molecule has 0 aromatic rings. The number of unbranched alkanes of at least 4 members (excludes halogenated alkanes) is 1. The predicted octanol–water partition coefficient (Wildman–Crippen LogP) is 2.78. The lowest BCUT2D eigenvalue weighted by molar-refractivity contribution is 0.489. The summed E-state index contributed by atoms with van der Waals surface area (Å²) in [6.07, 6.45) is 4.88. The number of nitrogens with zero attached hydrogens (tertiary/aromatic N) is 1. The van der Waals surface area contributed by atoms with E-state index in [0.717, 1.165) is 18.4 Å². The highest BCUT2D eigenvalue weighted by atomic mass is 15.2. The topological polar surface area (TPSA) is 36.4 Å². The zero-order valence-electron chi connectivity index (χ0n) is 11.6. The second-order valence-electron chi connectivity index (χ2n) is 4.87. The number of hydrogen-bond acceptors (Lipinski definition) is 1. The average molecular weight is 227 g/mol. The third kappa shape index (κ3) is 8.57. The molecule has 3 nitrogen and oxygen atoms in total. The summed E-state index contributed by atoms with van der Waals surface area (Å²) in [6, 6.07) is 0.496. The van der Waals surface area contributed by atoms with Gasteiger partial charge in [-0.2, -0.15) is 0 Å². The first kappa shape index (κ1) is 15.3. The van der Waals surface area contributed by atoms with Gasteiger partial charge in [-0.25, -0.2) is 0 Å². The van der Waals surface area contributed by atoms with Crippen LogP contribution < -0.4 is 10.6 Å². The van der Waals surface area contributed by atoms with Crippen LogP contribution in [0.2, 0.25) is 0 Å². The van der Waals surface area contributed by atoms with Gasteiger partial charge in [0.2, 0.25) is 0 Å². The molecule has 0 fully saturated rings. The molecule has 0 radical (unpaired) electrons. The molecule has 0 rings (SSSR count). The Kier molecular flexibility index (Phi) is 9.06. The summed E-state index contributed by atoms with van der Waals surface area (Å²) in [5, 5.41) is 6.75. The lowest BCUT2D eigenvalue weighted by atomic mass is 10.0. The Balaban J connectivity index is 3.75. The molecule has 0 aliphatic heterocycles. The molecule has 2 N–H and O–H groups in total. The molecular formula is C13H29N3. The minimum atomic E-state index is 0.496. The Morgan fingerprint density at radius 1 is 1.19 bits per heavy atom. The van der Waals surface area contributed by atoms with E-state index >= 15 is 0 Å². The molecule has 1 atom stereocenters. The zero-order chi connectivity index (χ0) is 12.4. The van der Waals surface area contributed by atoms with Crippen LogP contribution in [0.5, 0.6) is 0 Å². The summed E-state index contributed by atoms with van der Waals surface area (Å²) >= 11 is 0. The Labute approximate surface area is 101 Å². The van der Waals surface area contributed by atoms with Crippen LogP contribution in [-0.4, -0.2) is 25.6 Å². The van der Waals surface area contributed by atoms with Crippen molar-refractivity contribution in [2.24, 2.45) is 10.9 Å². The van der Waals surface area contributed by atoms with Gasteiger partial charge in [0, 0.05) is 19.6 Å². The van der Waals surface area contributed by atoms with E-state index in [4.69, 9.17) is 0 Å². The van der Waals surface area contributed by atoms with Crippen molar-refractivity contribution in [2.45, 2.75) is 59.4 Å². The van der Waals surface area contributed by atoms with Crippen LogP contribution in [0.4, 0.5) is 0 Å². The maximum absolute atomic E-state index is 4.22. The van der Waals surface area contributed by atoms with Crippen molar-refractivity contribution < 1.29 is 0 Å². The number of rotatable bonds is 7. The van der Waals surface area contributed by atoms with E-state index in [1.807, 2.05) is 7.05 Å². The number of nitrogens with one attached hydrogen (secondary N) is 2. The third-order valence-electron chi connectivity index (χ3n) is 2.61. The molecule has 0 aromatic carbocycles. The van der Waals surface area contributed by atoms with E-state index in [0.29, 0.717) is 6.04 Å². The third-order valence-corrected chi connectivity index (χ3v) is 2.61. The van der Waals surface area contributed by atoms with Crippen molar-refractivity contribution in [1.29, 1.82) is 0 Å². The number of hydrogen-bond donors (Lipinski definition) is 2. The minimum absolute atomic E-state index is 0.496. The second-order valence-corrected chi connectivity index (χ2v) is 4.87. The van der Waals surface area contributed by atoms with E-state index in [9.17, 15) is 0 Å². The van der Waals surface area contributed by atoms with Crippen molar-refractivity contribution in [3.63, 3.8) is 0 Å². The molecule has 1 unspecified atom stereocenters. The van der Waals surface area contributed by atoms with E-state index in [1.54, 1.807) is 0 Å². The first-order valence-electron chi connectivity index (χ1n) is 6.57. The molecule has 0 aromatic heterocycles. The van der Waals surface area contributed by atoms with Gasteiger partial charge in [-0.15, -0.1) is 0 Å². The highest BCUT2D eigenvalue weighted by Crippen LogP contribution is 2.06. The summed E-state index contributed by atoms with van der Waals surface area (Å²) in [4.78, 5) is 4.22. The fourth-order valence-corrected chi connectivity index (χ4v) is 1.47. The number of guanidine groups is 1. The van der Waals surface area contributed by atoms with Crippen molar-refractivity contribution in [1.82, 2.24) is 10.6 Å². The molecule has 0 aliphatic rings. The van der Waals surface area contributed by atoms with Gasteiger partial charge in [0.05, 0.1) is 0 Å². The van der Waals surface area contributed by atoms with Crippen LogP contribution in [0.1, 0.15) is 53.4 Å². The summed E-state index contributed by atoms with van der Waals surface area (Å²) in [5.74, 6) is 1.71. The highest BCUT2D eigenvalue weighted by Gasteiger charge is 2.05. The van der Waals surface area contributed by atoms with Gasteiger partial charge in [-0.1, -0.05) is 27.2 Å². The monoisotopic (exact) mass is 227 g/mol. The standard InChI is InChI=1S/C13H29N3/c1-6-7-10-15-13(14-5)16-12(4)9-8-11(2)3/h11-12H,6-10H2,1-5H3,(H2,14,15,16).